The fourth-order valence-electron chi connectivity index (χ4n) is 4.33. The van der Waals surface area contributed by atoms with Gasteiger partial charge in [0.2, 0.25) is 0 Å². The van der Waals surface area contributed by atoms with Crippen molar-refractivity contribution in [3.63, 3.8) is 0 Å². The third kappa shape index (κ3) is 3.96. The lowest BCUT2D eigenvalue weighted by molar-refractivity contribution is 0.151. The second-order valence-corrected chi connectivity index (χ2v) is 7.19. The molecular formula is C17H35N3. The lowest BCUT2D eigenvalue weighted by Crippen LogP contribution is -2.50. The molecule has 4 atom stereocenters. The Kier molecular flexibility index (Phi) is 6.31. The second kappa shape index (κ2) is 7.77. The van der Waals surface area contributed by atoms with Crippen molar-refractivity contribution in [2.75, 3.05) is 33.7 Å². The molecule has 0 aromatic rings. The van der Waals surface area contributed by atoms with Gasteiger partial charge < -0.3 is 10.2 Å². The van der Waals surface area contributed by atoms with Crippen LogP contribution in [0.4, 0.5) is 0 Å². The summed E-state index contributed by atoms with van der Waals surface area (Å²) in [7, 11) is 4.48. The molecule has 2 rings (SSSR count). The normalized spacial score (nSPS) is 37.0. The minimum atomic E-state index is 0.716. The monoisotopic (exact) mass is 281 g/mol. The first-order chi connectivity index (χ1) is 9.63. The number of nitrogens with one attached hydrogen (secondary N) is 1. The zero-order chi connectivity index (χ0) is 14.5. The molecule has 1 N–H and O–H groups in total. The van der Waals surface area contributed by atoms with Gasteiger partial charge >= 0.3 is 0 Å². The van der Waals surface area contributed by atoms with Gasteiger partial charge in [0.15, 0.2) is 0 Å². The smallest absolute Gasteiger partial charge is 0.0254 e. The summed E-state index contributed by atoms with van der Waals surface area (Å²) in [5.74, 6) is 0.803. The van der Waals surface area contributed by atoms with Gasteiger partial charge in [-0.05, 0) is 39.4 Å². The van der Waals surface area contributed by atoms with Crippen molar-refractivity contribution in [2.45, 2.75) is 70.5 Å². The van der Waals surface area contributed by atoms with E-state index in [1.165, 1.54) is 51.6 Å². The largest absolute Gasteiger partial charge is 0.313 e. The Bertz CT molecular complexity index is 279. The van der Waals surface area contributed by atoms with Crippen molar-refractivity contribution in [3.05, 3.63) is 0 Å². The van der Waals surface area contributed by atoms with Crippen molar-refractivity contribution in [1.29, 1.82) is 0 Å². The highest BCUT2D eigenvalue weighted by Crippen LogP contribution is 2.28. The average molecular weight is 281 g/mol. The molecule has 118 valence electrons. The first kappa shape index (κ1) is 16.3. The molecule has 2 fully saturated rings. The van der Waals surface area contributed by atoms with Crippen LogP contribution in [0.15, 0.2) is 0 Å². The summed E-state index contributed by atoms with van der Waals surface area (Å²) in [5, 5.41) is 3.78. The van der Waals surface area contributed by atoms with E-state index in [4.69, 9.17) is 0 Å². The van der Waals surface area contributed by atoms with Crippen LogP contribution in [0.5, 0.6) is 0 Å². The molecule has 3 heteroatoms. The summed E-state index contributed by atoms with van der Waals surface area (Å²) in [6.07, 6.45) is 8.47. The molecule has 1 saturated heterocycles. The third-order valence-corrected chi connectivity index (χ3v) is 5.43. The molecular weight excluding hydrogens is 246 g/mol. The van der Waals surface area contributed by atoms with Crippen LogP contribution in [0, 0.1) is 5.92 Å². The predicted molar refractivity (Wildman–Crippen MR) is 87.2 cm³/mol. The molecule has 3 nitrogen and oxygen atoms in total. The Morgan fingerprint density at radius 1 is 1.05 bits per heavy atom. The molecule has 0 spiro atoms. The van der Waals surface area contributed by atoms with Crippen molar-refractivity contribution in [2.24, 2.45) is 5.92 Å². The standard InChI is InChI=1S/C17H35N3/c1-5-18-15-10-8-6-7-9-11-16(15)20-12-14(2)17(13-20)19(3)4/h14-18H,5-13H2,1-4H3. The van der Waals surface area contributed by atoms with E-state index in [1.807, 2.05) is 0 Å². The fourth-order valence-corrected chi connectivity index (χ4v) is 4.33. The summed E-state index contributed by atoms with van der Waals surface area (Å²) in [4.78, 5) is 5.23. The molecule has 20 heavy (non-hydrogen) atoms. The highest BCUT2D eigenvalue weighted by atomic mass is 15.3. The SMILES string of the molecule is CCNC1CCCCCCC1N1CC(C)C(N(C)C)C1. The lowest BCUT2D eigenvalue weighted by Gasteiger charge is -2.37. The molecule has 0 aromatic carbocycles. The Hall–Kier alpha value is -0.120. The van der Waals surface area contributed by atoms with Gasteiger partial charge in [0.25, 0.3) is 0 Å². The second-order valence-electron chi connectivity index (χ2n) is 7.19. The summed E-state index contributed by atoms with van der Waals surface area (Å²) >= 11 is 0. The van der Waals surface area contributed by atoms with Gasteiger partial charge in [-0.1, -0.05) is 39.5 Å². The highest BCUT2D eigenvalue weighted by Gasteiger charge is 2.37. The van der Waals surface area contributed by atoms with Crippen molar-refractivity contribution < 1.29 is 0 Å². The lowest BCUT2D eigenvalue weighted by atomic mass is 9.91. The molecule has 4 unspecified atom stereocenters. The van der Waals surface area contributed by atoms with E-state index in [1.54, 1.807) is 0 Å². The van der Waals surface area contributed by atoms with Gasteiger partial charge in [-0.3, -0.25) is 4.90 Å². The van der Waals surface area contributed by atoms with Crippen LogP contribution in [-0.4, -0.2) is 61.7 Å². The van der Waals surface area contributed by atoms with Crippen molar-refractivity contribution in [3.8, 4) is 0 Å². The Morgan fingerprint density at radius 2 is 1.75 bits per heavy atom. The van der Waals surface area contributed by atoms with E-state index in [9.17, 15) is 0 Å². The average Bonchev–Trinajstić information content (AvgIpc) is 2.75. The van der Waals surface area contributed by atoms with Crippen molar-refractivity contribution in [1.82, 2.24) is 15.1 Å². The minimum Gasteiger partial charge on any atom is -0.313 e. The van der Waals surface area contributed by atoms with Gasteiger partial charge in [-0.2, -0.15) is 0 Å². The van der Waals surface area contributed by atoms with Gasteiger partial charge in [0.1, 0.15) is 0 Å². The van der Waals surface area contributed by atoms with Gasteiger partial charge in [0, 0.05) is 31.2 Å². The summed E-state index contributed by atoms with van der Waals surface area (Å²) in [6, 6.07) is 2.22. The maximum atomic E-state index is 3.78. The van der Waals surface area contributed by atoms with E-state index in [0.29, 0.717) is 6.04 Å². The summed E-state index contributed by atoms with van der Waals surface area (Å²) in [6.45, 7) is 8.35. The first-order valence-corrected chi connectivity index (χ1v) is 8.77. The van der Waals surface area contributed by atoms with E-state index in [-0.39, 0.29) is 0 Å². The van der Waals surface area contributed by atoms with Crippen LogP contribution >= 0.6 is 0 Å². The van der Waals surface area contributed by atoms with Gasteiger partial charge in [0.05, 0.1) is 0 Å². The van der Waals surface area contributed by atoms with E-state index in [2.05, 4.69) is 43.1 Å². The molecule has 0 bridgehead atoms. The number of hydrogen-bond acceptors (Lipinski definition) is 3. The van der Waals surface area contributed by atoms with Gasteiger partial charge in [-0.15, -0.1) is 0 Å². The van der Waals surface area contributed by atoms with Crippen LogP contribution in [-0.2, 0) is 0 Å². The summed E-state index contributed by atoms with van der Waals surface area (Å²) in [5.41, 5.74) is 0. The van der Waals surface area contributed by atoms with Crippen LogP contribution in [0.3, 0.4) is 0 Å². The first-order valence-electron chi connectivity index (χ1n) is 8.77. The van der Waals surface area contributed by atoms with Crippen LogP contribution in [0.25, 0.3) is 0 Å². The number of likely N-dealkylation sites (N-methyl/N-ethyl adjacent to an activating group) is 2. The molecule has 1 heterocycles. The molecule has 0 amide bonds. The van der Waals surface area contributed by atoms with Crippen LogP contribution in [0.1, 0.15) is 52.4 Å². The number of rotatable bonds is 4. The Morgan fingerprint density at radius 3 is 2.35 bits per heavy atom. The minimum absolute atomic E-state index is 0.716. The summed E-state index contributed by atoms with van der Waals surface area (Å²) < 4.78 is 0. The van der Waals surface area contributed by atoms with Crippen LogP contribution in [0.2, 0.25) is 0 Å². The fraction of sp³-hybridized carbons (Fsp3) is 1.00. The topological polar surface area (TPSA) is 18.5 Å². The van der Waals surface area contributed by atoms with E-state index >= 15 is 0 Å². The molecule has 0 aromatic heterocycles. The maximum absolute atomic E-state index is 3.78. The number of hydrogen-bond donors (Lipinski definition) is 1. The Balaban J connectivity index is 2.02. The van der Waals surface area contributed by atoms with E-state index < -0.39 is 0 Å². The highest BCUT2D eigenvalue weighted by molar-refractivity contribution is 4.94. The quantitative estimate of drug-likeness (QED) is 0.854. The molecule has 0 radical (unpaired) electrons. The predicted octanol–water partition coefficient (Wildman–Crippen LogP) is 2.57. The number of nitrogens with zero attached hydrogens (tertiary/aromatic N) is 2. The molecule has 1 aliphatic carbocycles. The zero-order valence-corrected chi connectivity index (χ0v) is 14.1. The van der Waals surface area contributed by atoms with E-state index in [0.717, 1.165) is 24.5 Å². The van der Waals surface area contributed by atoms with Crippen LogP contribution < -0.4 is 5.32 Å². The maximum Gasteiger partial charge on any atom is 0.0254 e. The molecule has 1 aliphatic heterocycles. The zero-order valence-electron chi connectivity index (χ0n) is 14.1. The molecule has 2 aliphatic rings. The van der Waals surface area contributed by atoms with Crippen molar-refractivity contribution >= 4 is 0 Å². The third-order valence-electron chi connectivity index (χ3n) is 5.43. The Labute approximate surface area is 126 Å². The molecule has 1 saturated carbocycles. The number of likely N-dealkylation sites (tertiary alicyclic amines) is 1. The van der Waals surface area contributed by atoms with Gasteiger partial charge in [-0.25, -0.2) is 0 Å².